The Hall–Kier alpha value is -0.660. The SMILES string of the molecule is CCNc1ncnc(Oc2ccc(Br)cc2Br)c1Br. The number of halogens is 3. The van der Waals surface area contributed by atoms with Gasteiger partial charge in [-0.1, -0.05) is 15.9 Å². The highest BCUT2D eigenvalue weighted by molar-refractivity contribution is 9.11. The Labute approximate surface area is 136 Å². The van der Waals surface area contributed by atoms with E-state index in [1.165, 1.54) is 6.33 Å². The summed E-state index contributed by atoms with van der Waals surface area (Å²) in [6.07, 6.45) is 1.46. The molecule has 1 heterocycles. The monoisotopic (exact) mass is 449 g/mol. The van der Waals surface area contributed by atoms with E-state index in [-0.39, 0.29) is 0 Å². The molecule has 1 aromatic heterocycles. The van der Waals surface area contributed by atoms with Crippen molar-refractivity contribution in [2.75, 3.05) is 11.9 Å². The minimum absolute atomic E-state index is 0.467. The molecule has 0 fully saturated rings. The van der Waals surface area contributed by atoms with Crippen LogP contribution in [-0.4, -0.2) is 16.5 Å². The third-order valence-electron chi connectivity index (χ3n) is 2.20. The molecule has 2 aromatic rings. The van der Waals surface area contributed by atoms with Crippen LogP contribution in [0.15, 0.2) is 37.9 Å². The van der Waals surface area contributed by atoms with Crippen LogP contribution in [0.5, 0.6) is 11.6 Å². The van der Waals surface area contributed by atoms with E-state index in [0.29, 0.717) is 21.9 Å². The molecule has 0 amide bonds. The van der Waals surface area contributed by atoms with Gasteiger partial charge in [0, 0.05) is 11.0 Å². The first-order chi connectivity index (χ1) is 9.11. The van der Waals surface area contributed by atoms with Crippen LogP contribution in [-0.2, 0) is 0 Å². The molecule has 7 heteroatoms. The molecule has 100 valence electrons. The maximum absolute atomic E-state index is 5.78. The van der Waals surface area contributed by atoms with E-state index in [1.54, 1.807) is 0 Å². The van der Waals surface area contributed by atoms with Gasteiger partial charge < -0.3 is 10.1 Å². The average molecular weight is 452 g/mol. The summed E-state index contributed by atoms with van der Waals surface area (Å²) in [5.74, 6) is 1.86. The van der Waals surface area contributed by atoms with Crippen LogP contribution in [0.2, 0.25) is 0 Å². The molecule has 0 bridgehead atoms. The van der Waals surface area contributed by atoms with Gasteiger partial charge in [0.15, 0.2) is 0 Å². The lowest BCUT2D eigenvalue weighted by molar-refractivity contribution is 0.455. The average Bonchev–Trinajstić information content (AvgIpc) is 2.37. The number of benzene rings is 1. The number of aromatic nitrogens is 2. The van der Waals surface area contributed by atoms with E-state index in [9.17, 15) is 0 Å². The molecule has 1 aromatic carbocycles. The van der Waals surface area contributed by atoms with Gasteiger partial charge >= 0.3 is 0 Å². The molecular weight excluding hydrogens is 442 g/mol. The molecule has 1 N–H and O–H groups in total. The highest BCUT2D eigenvalue weighted by atomic mass is 79.9. The summed E-state index contributed by atoms with van der Waals surface area (Å²) < 4.78 is 8.30. The van der Waals surface area contributed by atoms with E-state index >= 15 is 0 Å². The summed E-state index contributed by atoms with van der Waals surface area (Å²) in [4.78, 5) is 8.27. The van der Waals surface area contributed by atoms with E-state index in [4.69, 9.17) is 4.74 Å². The van der Waals surface area contributed by atoms with Gasteiger partial charge in [0.1, 0.15) is 22.4 Å². The summed E-state index contributed by atoms with van der Waals surface area (Å²) in [5, 5.41) is 3.13. The zero-order chi connectivity index (χ0) is 13.8. The van der Waals surface area contributed by atoms with Crippen LogP contribution in [0.3, 0.4) is 0 Å². The molecule has 0 aliphatic heterocycles. The topological polar surface area (TPSA) is 47.0 Å². The fourth-order valence-corrected chi connectivity index (χ4v) is 2.93. The Morgan fingerprint density at radius 3 is 2.68 bits per heavy atom. The normalized spacial score (nSPS) is 10.3. The van der Waals surface area contributed by atoms with E-state index < -0.39 is 0 Å². The number of nitrogens with zero attached hydrogens (tertiary/aromatic N) is 2. The third kappa shape index (κ3) is 3.67. The predicted octanol–water partition coefficient (Wildman–Crippen LogP) is 4.99. The zero-order valence-electron chi connectivity index (χ0n) is 9.95. The van der Waals surface area contributed by atoms with Crippen LogP contribution >= 0.6 is 47.8 Å². The fourth-order valence-electron chi connectivity index (χ4n) is 1.38. The van der Waals surface area contributed by atoms with Crippen molar-refractivity contribution in [3.8, 4) is 11.6 Å². The van der Waals surface area contributed by atoms with Crippen LogP contribution in [0, 0.1) is 0 Å². The second kappa shape index (κ2) is 6.67. The summed E-state index contributed by atoms with van der Waals surface area (Å²) in [5.41, 5.74) is 0. The molecule has 0 unspecified atom stereocenters. The van der Waals surface area contributed by atoms with Crippen LogP contribution in [0.4, 0.5) is 5.82 Å². The Morgan fingerprint density at radius 2 is 2.00 bits per heavy atom. The molecular formula is C12H10Br3N3O. The summed E-state index contributed by atoms with van der Waals surface area (Å²) in [7, 11) is 0. The van der Waals surface area contributed by atoms with Crippen molar-refractivity contribution < 1.29 is 4.74 Å². The Kier molecular flexibility index (Phi) is 5.18. The second-order valence-corrected chi connectivity index (χ2v) is 6.11. The van der Waals surface area contributed by atoms with Gasteiger partial charge in [-0.25, -0.2) is 9.97 Å². The van der Waals surface area contributed by atoms with Crippen molar-refractivity contribution in [3.63, 3.8) is 0 Å². The van der Waals surface area contributed by atoms with Gasteiger partial charge in [0.05, 0.1) is 4.47 Å². The molecule has 4 nitrogen and oxygen atoms in total. The predicted molar refractivity (Wildman–Crippen MR) is 85.8 cm³/mol. The highest BCUT2D eigenvalue weighted by Gasteiger charge is 2.12. The van der Waals surface area contributed by atoms with Gasteiger partial charge in [-0.2, -0.15) is 0 Å². The van der Waals surface area contributed by atoms with Crippen molar-refractivity contribution in [1.82, 2.24) is 9.97 Å². The lowest BCUT2D eigenvalue weighted by Crippen LogP contribution is -2.02. The number of ether oxygens (including phenoxy) is 1. The smallest absolute Gasteiger partial charge is 0.238 e. The first kappa shape index (κ1) is 14.7. The number of rotatable bonds is 4. The van der Waals surface area contributed by atoms with E-state index in [0.717, 1.165) is 15.5 Å². The summed E-state index contributed by atoms with van der Waals surface area (Å²) in [6.45, 7) is 2.78. The highest BCUT2D eigenvalue weighted by Crippen LogP contribution is 2.36. The van der Waals surface area contributed by atoms with Crippen molar-refractivity contribution in [1.29, 1.82) is 0 Å². The lowest BCUT2D eigenvalue weighted by atomic mass is 10.3. The van der Waals surface area contributed by atoms with Crippen LogP contribution in [0.25, 0.3) is 0 Å². The van der Waals surface area contributed by atoms with E-state index in [1.807, 2.05) is 25.1 Å². The maximum atomic E-state index is 5.78. The Bertz CT molecular complexity index is 592. The quantitative estimate of drug-likeness (QED) is 0.711. The fraction of sp³-hybridized carbons (Fsp3) is 0.167. The molecule has 0 spiro atoms. The van der Waals surface area contributed by atoms with Gasteiger partial charge in [0.2, 0.25) is 5.88 Å². The standard InChI is InChI=1S/C12H10Br3N3O/c1-2-16-11-10(15)12(18-6-17-11)19-9-4-3-7(13)5-8(9)14/h3-6H,2H2,1H3,(H,16,17,18). The molecule has 19 heavy (non-hydrogen) atoms. The van der Waals surface area contributed by atoms with Gasteiger partial charge in [-0.15, -0.1) is 0 Å². The van der Waals surface area contributed by atoms with Crippen LogP contribution < -0.4 is 10.1 Å². The molecule has 0 saturated carbocycles. The minimum atomic E-state index is 0.467. The molecule has 0 aliphatic carbocycles. The minimum Gasteiger partial charge on any atom is -0.436 e. The van der Waals surface area contributed by atoms with Gasteiger partial charge in [-0.05, 0) is 57.0 Å². The van der Waals surface area contributed by atoms with E-state index in [2.05, 4.69) is 63.1 Å². The Balaban J connectivity index is 2.30. The Morgan fingerprint density at radius 1 is 1.21 bits per heavy atom. The zero-order valence-corrected chi connectivity index (χ0v) is 14.7. The van der Waals surface area contributed by atoms with Crippen molar-refractivity contribution >= 4 is 53.6 Å². The molecule has 0 atom stereocenters. The number of hydrogen-bond acceptors (Lipinski definition) is 4. The van der Waals surface area contributed by atoms with Crippen molar-refractivity contribution in [2.45, 2.75) is 6.92 Å². The summed E-state index contributed by atoms with van der Waals surface area (Å²) in [6, 6.07) is 5.67. The van der Waals surface area contributed by atoms with Crippen LogP contribution in [0.1, 0.15) is 6.92 Å². The molecule has 0 radical (unpaired) electrons. The molecule has 2 rings (SSSR count). The summed E-state index contributed by atoms with van der Waals surface area (Å²) >= 11 is 10.3. The molecule has 0 saturated heterocycles. The number of anilines is 1. The lowest BCUT2D eigenvalue weighted by Gasteiger charge is -2.11. The number of nitrogens with one attached hydrogen (secondary N) is 1. The first-order valence-corrected chi connectivity index (χ1v) is 7.87. The van der Waals surface area contributed by atoms with Gasteiger partial charge in [0.25, 0.3) is 0 Å². The first-order valence-electron chi connectivity index (χ1n) is 5.49. The second-order valence-electron chi connectivity index (χ2n) is 3.55. The maximum Gasteiger partial charge on any atom is 0.238 e. The third-order valence-corrected chi connectivity index (χ3v) is 4.03. The van der Waals surface area contributed by atoms with Crippen molar-refractivity contribution in [2.24, 2.45) is 0 Å². The van der Waals surface area contributed by atoms with Crippen molar-refractivity contribution in [3.05, 3.63) is 37.9 Å². The van der Waals surface area contributed by atoms with Gasteiger partial charge in [-0.3, -0.25) is 0 Å². The molecule has 0 aliphatic rings. The largest absolute Gasteiger partial charge is 0.436 e. The number of hydrogen-bond donors (Lipinski definition) is 1.